The fourth-order valence-electron chi connectivity index (χ4n) is 2.68. The zero-order chi connectivity index (χ0) is 19.4. The van der Waals surface area contributed by atoms with E-state index >= 15 is 0 Å². The minimum Gasteiger partial charge on any atom is -0.454 e. The first-order chi connectivity index (χ1) is 12.9. The lowest BCUT2D eigenvalue weighted by atomic mass is 10.00. The predicted molar refractivity (Wildman–Crippen MR) is 121 cm³/mol. The fraction of sp³-hybridized carbons (Fsp3) is 0.444. The van der Waals surface area contributed by atoms with Gasteiger partial charge in [0.1, 0.15) is 5.60 Å². The van der Waals surface area contributed by atoms with Gasteiger partial charge in [0.15, 0.2) is 17.5 Å². The molecule has 1 aliphatic heterocycles. The van der Waals surface area contributed by atoms with Crippen LogP contribution >= 0.6 is 39.9 Å². The van der Waals surface area contributed by atoms with E-state index in [9.17, 15) is 5.11 Å². The van der Waals surface area contributed by atoms with Gasteiger partial charge in [-0.05, 0) is 47.5 Å². The van der Waals surface area contributed by atoms with E-state index in [0.29, 0.717) is 31.3 Å². The Hall–Kier alpha value is -1.53. The molecule has 10 heteroatoms. The first-order valence-electron chi connectivity index (χ1n) is 8.71. The highest BCUT2D eigenvalue weighted by Gasteiger charge is 2.25. The molecule has 0 amide bonds. The first kappa shape index (κ1) is 22.8. The fourth-order valence-corrected chi connectivity index (χ4v) is 3.29. The number of aliphatic hydroxyl groups is 1. The Labute approximate surface area is 189 Å². The molecule has 1 aromatic carbocycles. The molecule has 8 nitrogen and oxygen atoms in total. The third-order valence-corrected chi connectivity index (χ3v) is 4.77. The van der Waals surface area contributed by atoms with Gasteiger partial charge in [0.25, 0.3) is 0 Å². The Kier molecular flexibility index (Phi) is 7.96. The lowest BCUT2D eigenvalue weighted by molar-refractivity contribution is 0.0616. The van der Waals surface area contributed by atoms with Gasteiger partial charge in [0, 0.05) is 25.4 Å². The topological polar surface area (TPSA) is 92.9 Å². The summed E-state index contributed by atoms with van der Waals surface area (Å²) in [6.45, 7) is 5.44. The molecular formula is C18H25BrIN5O3. The lowest BCUT2D eigenvalue weighted by Crippen LogP contribution is -2.44. The molecule has 0 radical (unpaired) electrons. The van der Waals surface area contributed by atoms with Gasteiger partial charge in [-0.15, -0.1) is 24.0 Å². The second kappa shape index (κ2) is 9.79. The lowest BCUT2D eigenvalue weighted by Gasteiger charge is -2.23. The molecule has 1 unspecified atom stereocenters. The minimum absolute atomic E-state index is 0. The van der Waals surface area contributed by atoms with Gasteiger partial charge in [0.2, 0.25) is 6.79 Å². The summed E-state index contributed by atoms with van der Waals surface area (Å²) in [5.41, 5.74) is 0.669. The zero-order valence-electron chi connectivity index (χ0n) is 16.0. The van der Waals surface area contributed by atoms with Crippen LogP contribution in [0.2, 0.25) is 0 Å². The molecule has 1 aliphatic rings. The average Bonchev–Trinajstić information content (AvgIpc) is 3.27. The Morgan fingerprint density at radius 2 is 2.18 bits per heavy atom. The summed E-state index contributed by atoms with van der Waals surface area (Å²) in [4.78, 5) is 4.60. The standard InChI is InChI=1S/C18H24BrN5O3.HI/c1-4-20-17(22-10-18(2,25)13-8-23-24(3)9-13)21-7-12-5-14(19)16-15(6-12)26-11-27-16;/h5-6,8-9,25H,4,7,10-11H2,1-3H3,(H2,20,21,22);1H. The number of aliphatic imine (C=N–C) groups is 1. The third kappa shape index (κ3) is 5.51. The van der Waals surface area contributed by atoms with Crippen LogP contribution in [0.1, 0.15) is 25.0 Å². The van der Waals surface area contributed by atoms with Crippen LogP contribution in [0.4, 0.5) is 0 Å². The normalized spacial score (nSPS) is 15.0. The van der Waals surface area contributed by atoms with Crippen LogP contribution in [-0.2, 0) is 19.2 Å². The maximum atomic E-state index is 10.7. The highest BCUT2D eigenvalue weighted by molar-refractivity contribution is 14.0. The number of nitrogens with one attached hydrogen (secondary N) is 2. The van der Waals surface area contributed by atoms with Crippen LogP contribution in [0.25, 0.3) is 0 Å². The minimum atomic E-state index is -1.06. The third-order valence-electron chi connectivity index (χ3n) is 4.18. The molecule has 0 saturated carbocycles. The summed E-state index contributed by atoms with van der Waals surface area (Å²) in [5, 5.41) is 21.2. The highest BCUT2D eigenvalue weighted by Crippen LogP contribution is 2.40. The van der Waals surface area contributed by atoms with Crippen molar-refractivity contribution in [1.82, 2.24) is 20.4 Å². The summed E-state index contributed by atoms with van der Waals surface area (Å²) in [6.07, 6.45) is 3.46. The maximum absolute atomic E-state index is 10.7. The summed E-state index contributed by atoms with van der Waals surface area (Å²) in [6, 6.07) is 3.89. The number of aryl methyl sites for hydroxylation is 1. The molecule has 2 heterocycles. The second-order valence-corrected chi connectivity index (χ2v) is 7.39. The van der Waals surface area contributed by atoms with Crippen molar-refractivity contribution in [3.63, 3.8) is 0 Å². The van der Waals surface area contributed by atoms with Gasteiger partial charge < -0.3 is 25.2 Å². The van der Waals surface area contributed by atoms with E-state index in [2.05, 4.69) is 36.7 Å². The molecule has 3 N–H and O–H groups in total. The SMILES string of the molecule is CCNC(=NCc1cc(Br)c2c(c1)OCO2)NCC(C)(O)c1cnn(C)c1.I. The van der Waals surface area contributed by atoms with E-state index in [1.165, 1.54) is 0 Å². The van der Waals surface area contributed by atoms with E-state index in [1.54, 1.807) is 24.0 Å². The van der Waals surface area contributed by atoms with Gasteiger partial charge in [-0.2, -0.15) is 5.10 Å². The van der Waals surface area contributed by atoms with Crippen LogP contribution in [0, 0.1) is 0 Å². The molecule has 154 valence electrons. The number of hydrogen-bond acceptors (Lipinski definition) is 5. The molecule has 0 fully saturated rings. The molecule has 1 aromatic heterocycles. The van der Waals surface area contributed by atoms with Crippen LogP contribution < -0.4 is 20.1 Å². The Bertz CT molecular complexity index is 841. The summed E-state index contributed by atoms with van der Waals surface area (Å²) in [7, 11) is 1.82. The Morgan fingerprint density at radius 3 is 2.86 bits per heavy atom. The number of benzene rings is 1. The van der Waals surface area contributed by atoms with Gasteiger partial charge in [-0.25, -0.2) is 4.99 Å². The monoisotopic (exact) mass is 565 g/mol. The molecule has 0 saturated heterocycles. The quantitative estimate of drug-likeness (QED) is 0.283. The van der Waals surface area contributed by atoms with Crippen LogP contribution in [0.5, 0.6) is 11.5 Å². The van der Waals surface area contributed by atoms with Crippen molar-refractivity contribution >= 4 is 45.9 Å². The van der Waals surface area contributed by atoms with Crippen LogP contribution in [0.3, 0.4) is 0 Å². The molecule has 3 rings (SSSR count). The average molecular weight is 566 g/mol. The molecule has 28 heavy (non-hydrogen) atoms. The van der Waals surface area contributed by atoms with Gasteiger partial charge in [-0.3, -0.25) is 4.68 Å². The number of fused-ring (bicyclic) bond motifs is 1. The predicted octanol–water partition coefficient (Wildman–Crippen LogP) is 2.49. The number of aromatic nitrogens is 2. The largest absolute Gasteiger partial charge is 0.454 e. The van der Waals surface area contributed by atoms with Crippen molar-refractivity contribution < 1.29 is 14.6 Å². The van der Waals surface area contributed by atoms with Gasteiger partial charge in [0.05, 0.1) is 23.8 Å². The van der Waals surface area contributed by atoms with E-state index in [1.807, 2.05) is 26.1 Å². The van der Waals surface area contributed by atoms with Crippen LogP contribution in [-0.4, -0.2) is 40.7 Å². The van der Waals surface area contributed by atoms with Gasteiger partial charge in [-0.1, -0.05) is 0 Å². The van der Waals surface area contributed by atoms with Crippen LogP contribution in [0.15, 0.2) is 34.0 Å². The Morgan fingerprint density at radius 1 is 1.39 bits per heavy atom. The number of hydrogen-bond donors (Lipinski definition) is 3. The van der Waals surface area contributed by atoms with Crippen molar-refractivity contribution in [1.29, 1.82) is 0 Å². The van der Waals surface area contributed by atoms with E-state index in [4.69, 9.17) is 9.47 Å². The van der Waals surface area contributed by atoms with E-state index in [-0.39, 0.29) is 30.8 Å². The van der Waals surface area contributed by atoms with Crippen molar-refractivity contribution in [2.75, 3.05) is 19.9 Å². The summed E-state index contributed by atoms with van der Waals surface area (Å²) < 4.78 is 13.4. The number of nitrogens with zero attached hydrogens (tertiary/aromatic N) is 3. The molecule has 0 bridgehead atoms. The maximum Gasteiger partial charge on any atom is 0.231 e. The Balaban J connectivity index is 0.00000280. The number of guanidine groups is 1. The highest BCUT2D eigenvalue weighted by atomic mass is 127. The molecule has 0 spiro atoms. The molecule has 0 aliphatic carbocycles. The summed E-state index contributed by atoms with van der Waals surface area (Å²) in [5.74, 6) is 2.06. The zero-order valence-corrected chi connectivity index (χ0v) is 19.9. The van der Waals surface area contributed by atoms with Crippen molar-refractivity contribution in [2.24, 2.45) is 12.0 Å². The number of ether oxygens (including phenoxy) is 2. The number of halogens is 2. The second-order valence-electron chi connectivity index (χ2n) is 6.54. The molecule has 1 atom stereocenters. The van der Waals surface area contributed by atoms with E-state index in [0.717, 1.165) is 21.3 Å². The summed E-state index contributed by atoms with van der Waals surface area (Å²) >= 11 is 3.49. The van der Waals surface area contributed by atoms with Crippen molar-refractivity contribution in [2.45, 2.75) is 26.0 Å². The molecule has 2 aromatic rings. The van der Waals surface area contributed by atoms with Crippen molar-refractivity contribution in [3.05, 3.63) is 40.1 Å². The van der Waals surface area contributed by atoms with Crippen molar-refractivity contribution in [3.8, 4) is 11.5 Å². The van der Waals surface area contributed by atoms with Gasteiger partial charge >= 0.3 is 0 Å². The molecular weight excluding hydrogens is 541 g/mol. The first-order valence-corrected chi connectivity index (χ1v) is 9.50. The van der Waals surface area contributed by atoms with E-state index < -0.39 is 5.60 Å². The smallest absolute Gasteiger partial charge is 0.231 e. The number of rotatable bonds is 6.